The fourth-order valence-electron chi connectivity index (χ4n) is 6.84. The maximum absolute atomic E-state index is 14.3. The second-order valence-electron chi connectivity index (χ2n) is 10.8. The molecule has 5 atom stereocenters. The van der Waals surface area contributed by atoms with E-state index in [1.54, 1.807) is 37.3 Å². The molecule has 9 nitrogen and oxygen atoms in total. The van der Waals surface area contributed by atoms with E-state index >= 15 is 0 Å². The Morgan fingerprint density at radius 2 is 1.49 bits per heavy atom. The molecule has 6 rings (SSSR count). The van der Waals surface area contributed by atoms with Crippen molar-refractivity contribution in [2.24, 2.45) is 17.6 Å². The third-order valence-electron chi connectivity index (χ3n) is 8.76. The van der Waals surface area contributed by atoms with Gasteiger partial charge in [-0.15, -0.1) is 0 Å². The molecule has 0 saturated carbocycles. The van der Waals surface area contributed by atoms with E-state index in [0.29, 0.717) is 22.3 Å². The molecule has 1 amide bonds. The summed E-state index contributed by atoms with van der Waals surface area (Å²) in [5.41, 5.74) is 3.71. The number of Topliss-reactive ketones (excluding diaryl/α,β-unsaturated/α-hetero) is 2. The Kier molecular flexibility index (Phi) is 5.91. The Balaban J connectivity index is 1.66. The first kappa shape index (κ1) is 26.5. The van der Waals surface area contributed by atoms with Gasteiger partial charge in [0.25, 0.3) is 5.91 Å². The third-order valence-corrected chi connectivity index (χ3v) is 8.76. The van der Waals surface area contributed by atoms with Crippen LogP contribution in [0, 0.1) is 11.8 Å². The number of allylic oxidation sites excluding steroid dienone is 1. The average Bonchev–Trinajstić information content (AvgIpc) is 2.96. The van der Waals surface area contributed by atoms with Gasteiger partial charge in [0.15, 0.2) is 11.4 Å². The fourth-order valence-corrected chi connectivity index (χ4v) is 6.84. The molecular formula is C32H27NO8. The number of rotatable bonds is 3. The van der Waals surface area contributed by atoms with Crippen molar-refractivity contribution in [3.8, 4) is 28.0 Å². The first-order valence-electron chi connectivity index (χ1n) is 13.2. The van der Waals surface area contributed by atoms with Crippen LogP contribution in [0.25, 0.3) is 22.3 Å². The highest BCUT2D eigenvalue weighted by Crippen LogP contribution is 2.57. The molecule has 3 aromatic carbocycles. The van der Waals surface area contributed by atoms with Gasteiger partial charge in [-0.1, -0.05) is 67.6 Å². The van der Waals surface area contributed by atoms with Gasteiger partial charge in [0.05, 0.1) is 11.7 Å². The van der Waals surface area contributed by atoms with Crippen LogP contribution in [0.15, 0.2) is 89.4 Å². The summed E-state index contributed by atoms with van der Waals surface area (Å²) in [4.78, 5) is 39.5. The minimum absolute atomic E-state index is 0.124. The number of hydrogen-bond acceptors (Lipinski definition) is 8. The summed E-state index contributed by atoms with van der Waals surface area (Å²) in [6.07, 6.45) is -2.13. The smallest absolute Gasteiger partial charge is 0.255 e. The summed E-state index contributed by atoms with van der Waals surface area (Å²) in [6.45, 7) is 1.72. The number of primary amides is 1. The summed E-state index contributed by atoms with van der Waals surface area (Å²) >= 11 is 0. The van der Waals surface area contributed by atoms with Crippen molar-refractivity contribution >= 4 is 17.5 Å². The summed E-state index contributed by atoms with van der Waals surface area (Å²) in [5.74, 6) is -8.97. The second-order valence-corrected chi connectivity index (χ2v) is 10.8. The molecule has 208 valence electrons. The molecule has 0 radical (unpaired) electrons. The van der Waals surface area contributed by atoms with Crippen molar-refractivity contribution < 1.29 is 39.9 Å². The number of amides is 1. The number of aromatic hydroxyl groups is 1. The van der Waals surface area contributed by atoms with Crippen LogP contribution >= 0.6 is 0 Å². The maximum atomic E-state index is 14.3. The van der Waals surface area contributed by atoms with E-state index in [2.05, 4.69) is 0 Å². The van der Waals surface area contributed by atoms with Crippen molar-refractivity contribution in [3.05, 3.63) is 101 Å². The van der Waals surface area contributed by atoms with Gasteiger partial charge in [0, 0.05) is 29.4 Å². The summed E-state index contributed by atoms with van der Waals surface area (Å²) in [7, 11) is 0. The quantitative estimate of drug-likeness (QED) is 0.267. The standard InChI is InChI=1S/C32H27NO8/c1-14-21-17(15-8-4-2-5-9-15)12-18(16-10-6-3-7-11-16)26(35)24(21)28(37)25-22(14)27(36)19-13-20(34)23(31(33)40)29(38)32(19,41)30(25)39/h2-12,14,19,22,27,34-36,39,41H,13H2,1H3,(H2,33,40)/t14-,19+,22+,27+,32+/m0/s1. The second kappa shape index (κ2) is 9.15. The number of fused-ring (bicyclic) bond motifs is 3. The summed E-state index contributed by atoms with van der Waals surface area (Å²) in [6, 6.07) is 19.9. The molecule has 9 heteroatoms. The molecule has 3 aliphatic rings. The van der Waals surface area contributed by atoms with E-state index in [4.69, 9.17) is 5.73 Å². The zero-order valence-electron chi connectivity index (χ0n) is 21.9. The highest BCUT2D eigenvalue weighted by atomic mass is 16.4. The van der Waals surface area contributed by atoms with E-state index in [1.807, 2.05) is 36.4 Å². The van der Waals surface area contributed by atoms with Gasteiger partial charge in [0.2, 0.25) is 5.78 Å². The van der Waals surface area contributed by atoms with Crippen LogP contribution in [0.5, 0.6) is 5.75 Å². The summed E-state index contributed by atoms with van der Waals surface area (Å²) < 4.78 is 0. The normalized spacial score (nSPS) is 27.3. The van der Waals surface area contributed by atoms with Crippen molar-refractivity contribution in [1.29, 1.82) is 0 Å². The van der Waals surface area contributed by atoms with Crippen LogP contribution in [0.1, 0.15) is 35.2 Å². The monoisotopic (exact) mass is 553 g/mol. The van der Waals surface area contributed by atoms with Gasteiger partial charge in [-0.25, -0.2) is 0 Å². The number of ketones is 2. The van der Waals surface area contributed by atoms with E-state index in [0.717, 1.165) is 5.56 Å². The number of phenolic OH excluding ortho intramolecular Hbond substituents is 1. The molecule has 0 aliphatic heterocycles. The van der Waals surface area contributed by atoms with Gasteiger partial charge in [0.1, 0.15) is 22.8 Å². The van der Waals surface area contributed by atoms with Crippen LogP contribution in [0.2, 0.25) is 0 Å². The van der Waals surface area contributed by atoms with E-state index in [1.165, 1.54) is 0 Å². The van der Waals surface area contributed by atoms with Gasteiger partial charge in [-0.3, -0.25) is 14.4 Å². The summed E-state index contributed by atoms with van der Waals surface area (Å²) in [5, 5.41) is 56.6. The van der Waals surface area contributed by atoms with Gasteiger partial charge in [-0.05, 0) is 34.2 Å². The number of aliphatic hydroxyl groups excluding tert-OH is 3. The number of phenols is 1. The third kappa shape index (κ3) is 3.52. The Morgan fingerprint density at radius 3 is 2.05 bits per heavy atom. The highest BCUT2D eigenvalue weighted by Gasteiger charge is 2.64. The molecule has 0 fully saturated rings. The number of aliphatic hydroxyl groups is 4. The minimum atomic E-state index is -2.89. The molecule has 7 N–H and O–H groups in total. The molecule has 0 saturated heterocycles. The Morgan fingerprint density at radius 1 is 0.927 bits per heavy atom. The lowest BCUT2D eigenvalue weighted by Crippen LogP contribution is -2.62. The zero-order valence-corrected chi connectivity index (χ0v) is 21.9. The molecule has 41 heavy (non-hydrogen) atoms. The SMILES string of the molecule is C[C@H]1c2c(-c3ccccc3)cc(-c3ccccc3)c(O)c2C(=O)C2=C(O)[C@]3(O)C(=O)C(C(N)=O)=C(O)C[C@@H]3[C@@H](O)[C@@H]21. The lowest BCUT2D eigenvalue weighted by atomic mass is 9.56. The highest BCUT2D eigenvalue weighted by molar-refractivity contribution is 6.25. The van der Waals surface area contributed by atoms with Gasteiger partial charge < -0.3 is 31.3 Å². The van der Waals surface area contributed by atoms with Crippen LogP contribution in [-0.2, 0) is 9.59 Å². The minimum Gasteiger partial charge on any atom is -0.511 e. The zero-order chi connectivity index (χ0) is 29.4. The van der Waals surface area contributed by atoms with E-state index in [9.17, 15) is 39.9 Å². The van der Waals surface area contributed by atoms with E-state index < -0.39 is 76.0 Å². The number of hydrogen-bond donors (Lipinski definition) is 6. The number of carbonyl (C=O) groups excluding carboxylic acids is 3. The van der Waals surface area contributed by atoms with Crippen LogP contribution in [0.4, 0.5) is 0 Å². The Bertz CT molecular complexity index is 1710. The van der Waals surface area contributed by atoms with Crippen LogP contribution < -0.4 is 5.73 Å². The molecular weight excluding hydrogens is 526 g/mol. The lowest BCUT2D eigenvalue weighted by Gasteiger charge is -2.50. The fraction of sp³-hybridized carbons (Fsp3) is 0.219. The number of nitrogens with two attached hydrogens (primary N) is 1. The number of benzene rings is 3. The van der Waals surface area contributed by atoms with Crippen LogP contribution in [-0.4, -0.2) is 54.7 Å². The first-order valence-corrected chi connectivity index (χ1v) is 13.2. The maximum Gasteiger partial charge on any atom is 0.255 e. The molecule has 3 aromatic rings. The van der Waals surface area contributed by atoms with E-state index in [-0.39, 0.29) is 11.3 Å². The first-order chi connectivity index (χ1) is 19.5. The topological polar surface area (TPSA) is 178 Å². The molecule has 3 aliphatic carbocycles. The van der Waals surface area contributed by atoms with Crippen molar-refractivity contribution in [2.45, 2.75) is 31.0 Å². The van der Waals surface area contributed by atoms with Crippen molar-refractivity contribution in [1.82, 2.24) is 0 Å². The van der Waals surface area contributed by atoms with Gasteiger partial charge in [-0.2, -0.15) is 0 Å². The lowest BCUT2D eigenvalue weighted by molar-refractivity contribution is -0.154. The van der Waals surface area contributed by atoms with Gasteiger partial charge >= 0.3 is 0 Å². The number of carbonyl (C=O) groups is 3. The van der Waals surface area contributed by atoms with Crippen molar-refractivity contribution in [2.75, 3.05) is 0 Å². The molecule has 0 aromatic heterocycles. The molecule has 0 spiro atoms. The Labute approximate surface area is 234 Å². The van der Waals surface area contributed by atoms with Crippen molar-refractivity contribution in [3.63, 3.8) is 0 Å². The largest absolute Gasteiger partial charge is 0.511 e. The Hall–Kier alpha value is -4.73. The average molecular weight is 554 g/mol. The molecule has 0 bridgehead atoms. The predicted molar refractivity (Wildman–Crippen MR) is 148 cm³/mol. The molecule has 0 unspecified atom stereocenters. The van der Waals surface area contributed by atoms with Crippen LogP contribution in [0.3, 0.4) is 0 Å². The molecule has 0 heterocycles. The predicted octanol–water partition coefficient (Wildman–Crippen LogP) is 3.45.